The van der Waals surface area contributed by atoms with Gasteiger partial charge in [0.15, 0.2) is 0 Å². The molecular weight excluding hydrogens is 633 g/mol. The molecule has 0 unspecified atom stereocenters. The Hall–Kier alpha value is -6.52. The fourth-order valence-electron chi connectivity index (χ4n) is 7.28. The van der Waals surface area contributed by atoms with Crippen LogP contribution in [0.15, 0.2) is 170 Å². The smallest absolute Gasteiger partial charge is 0.147 e. The number of aromatic nitrogens is 4. The molecule has 0 aliphatic rings. The number of pyridine rings is 2. The highest BCUT2D eigenvalue weighted by molar-refractivity contribution is 6.08. The maximum Gasteiger partial charge on any atom is 0.147 e. The van der Waals surface area contributed by atoms with Crippen molar-refractivity contribution in [3.05, 3.63) is 176 Å². The summed E-state index contributed by atoms with van der Waals surface area (Å²) in [5.74, 6) is 0.976. The van der Waals surface area contributed by atoms with Crippen molar-refractivity contribution >= 4 is 21.9 Å². The zero-order chi connectivity index (χ0) is 35.2. The Bertz CT molecular complexity index is 2700. The van der Waals surface area contributed by atoms with E-state index in [-0.39, 0.29) is 5.41 Å². The molecule has 0 saturated carbocycles. The van der Waals surface area contributed by atoms with Gasteiger partial charge in [0.1, 0.15) is 11.5 Å². The third-order valence-electron chi connectivity index (χ3n) is 9.99. The van der Waals surface area contributed by atoms with Gasteiger partial charge in [0.25, 0.3) is 0 Å². The van der Waals surface area contributed by atoms with Crippen LogP contribution in [0.1, 0.15) is 26.3 Å². The van der Waals surface area contributed by atoms with E-state index in [1.807, 2.05) is 24.4 Å². The molecule has 0 saturated heterocycles. The molecule has 4 aromatic heterocycles. The Morgan fingerprint density at radius 1 is 0.500 bits per heavy atom. The highest BCUT2D eigenvalue weighted by atomic mass is 15.1. The van der Waals surface area contributed by atoms with Gasteiger partial charge in [0.05, 0.1) is 16.9 Å². The minimum absolute atomic E-state index is 0.0103. The molecule has 0 atom stereocenters. The normalized spacial score (nSPS) is 11.8. The summed E-state index contributed by atoms with van der Waals surface area (Å²) in [4.78, 5) is 13.9. The molecule has 9 aromatic rings. The second kappa shape index (κ2) is 12.7. The molecule has 0 bridgehead atoms. The summed E-state index contributed by atoms with van der Waals surface area (Å²) in [7, 11) is 0. The van der Waals surface area contributed by atoms with Crippen LogP contribution in [0, 0.1) is 0 Å². The lowest BCUT2D eigenvalue weighted by Crippen LogP contribution is -2.11. The van der Waals surface area contributed by atoms with Crippen LogP contribution < -0.4 is 0 Å². The lowest BCUT2D eigenvalue weighted by molar-refractivity contribution is 0.590. The molecule has 4 heteroatoms. The molecule has 4 nitrogen and oxygen atoms in total. The number of H-pyrrole nitrogens is 1. The molecule has 250 valence electrons. The van der Waals surface area contributed by atoms with Crippen LogP contribution in [-0.2, 0) is 5.41 Å². The lowest BCUT2D eigenvalue weighted by atomic mass is 9.82. The largest absolute Gasteiger partial charge is 0.341 e. The van der Waals surface area contributed by atoms with Gasteiger partial charge in [-0.3, -0.25) is 9.55 Å². The Labute approximate surface area is 304 Å². The van der Waals surface area contributed by atoms with Crippen LogP contribution >= 0.6 is 0 Å². The predicted molar refractivity (Wildman–Crippen MR) is 217 cm³/mol. The van der Waals surface area contributed by atoms with Crippen molar-refractivity contribution < 1.29 is 0 Å². The van der Waals surface area contributed by atoms with Crippen LogP contribution in [0.25, 0.3) is 83.8 Å². The Morgan fingerprint density at radius 2 is 1.19 bits per heavy atom. The van der Waals surface area contributed by atoms with Crippen molar-refractivity contribution in [1.29, 1.82) is 0 Å². The van der Waals surface area contributed by atoms with E-state index in [0.29, 0.717) is 0 Å². The molecule has 5 aromatic carbocycles. The Balaban J connectivity index is 1.27. The second-order valence-corrected chi connectivity index (χ2v) is 14.4. The zero-order valence-corrected chi connectivity index (χ0v) is 29.5. The molecule has 0 aliphatic heterocycles. The van der Waals surface area contributed by atoms with E-state index < -0.39 is 0 Å². The zero-order valence-electron chi connectivity index (χ0n) is 29.5. The van der Waals surface area contributed by atoms with E-state index in [1.54, 1.807) is 0 Å². The Kier molecular flexibility index (Phi) is 7.66. The summed E-state index contributed by atoms with van der Waals surface area (Å²) in [6, 6.07) is 58.2. The van der Waals surface area contributed by atoms with Crippen molar-refractivity contribution in [3.63, 3.8) is 0 Å². The SMILES string of the molecule is CC(C)(C)c1ccc(-c2ccccc2)c(-c2cc(-c3ccccn3)cc(-c3ccc4c5ccccc5n(-c5ccc(-c6ccccc6)[nH]5)c4n3)c2)c1. The monoisotopic (exact) mass is 670 g/mol. The predicted octanol–water partition coefficient (Wildman–Crippen LogP) is 12.5. The molecule has 0 amide bonds. The van der Waals surface area contributed by atoms with Crippen LogP contribution in [0.2, 0.25) is 0 Å². The molecular formula is C48H38N4. The van der Waals surface area contributed by atoms with Gasteiger partial charge in [-0.25, -0.2) is 4.98 Å². The maximum atomic E-state index is 5.47. The molecule has 1 N–H and O–H groups in total. The fraction of sp³-hybridized carbons (Fsp3) is 0.0833. The number of nitrogens with one attached hydrogen (secondary N) is 1. The maximum absolute atomic E-state index is 5.47. The number of aromatic amines is 1. The summed E-state index contributed by atoms with van der Waals surface area (Å²) in [5.41, 5.74) is 14.1. The highest BCUT2D eigenvalue weighted by Gasteiger charge is 2.20. The first kappa shape index (κ1) is 31.5. The minimum Gasteiger partial charge on any atom is -0.341 e. The summed E-state index contributed by atoms with van der Waals surface area (Å²) in [6.07, 6.45) is 1.86. The third kappa shape index (κ3) is 5.69. The van der Waals surface area contributed by atoms with Crippen molar-refractivity contribution in [2.24, 2.45) is 0 Å². The van der Waals surface area contributed by atoms with Gasteiger partial charge in [-0.05, 0) is 99.5 Å². The van der Waals surface area contributed by atoms with E-state index in [1.165, 1.54) is 27.6 Å². The number of hydrogen-bond donors (Lipinski definition) is 1. The number of rotatable bonds is 6. The molecule has 0 aliphatic carbocycles. The van der Waals surface area contributed by atoms with Gasteiger partial charge < -0.3 is 4.98 Å². The van der Waals surface area contributed by atoms with Crippen LogP contribution in [-0.4, -0.2) is 19.5 Å². The average Bonchev–Trinajstić information content (AvgIpc) is 3.81. The second-order valence-electron chi connectivity index (χ2n) is 14.4. The number of fused-ring (bicyclic) bond motifs is 3. The molecule has 52 heavy (non-hydrogen) atoms. The first-order valence-corrected chi connectivity index (χ1v) is 17.8. The standard InChI is InChI=1S/C48H38N4/c1-48(2,3)37-21-22-38(32-14-6-4-7-15-32)41(31-37)34-28-35(42-19-12-13-27-49-42)30-36(29-34)44-24-23-40-39-18-10-11-20-45(39)52(47(40)51-44)46-26-25-43(50-46)33-16-8-5-9-17-33/h4-31,50H,1-3H3. The van der Waals surface area contributed by atoms with E-state index in [4.69, 9.17) is 9.97 Å². The number of hydrogen-bond acceptors (Lipinski definition) is 2. The number of nitrogens with zero attached hydrogens (tertiary/aromatic N) is 3. The van der Waals surface area contributed by atoms with Crippen molar-refractivity contribution in [1.82, 2.24) is 19.5 Å². The van der Waals surface area contributed by atoms with Gasteiger partial charge in [0, 0.05) is 33.8 Å². The highest BCUT2D eigenvalue weighted by Crippen LogP contribution is 2.40. The molecule has 0 radical (unpaired) electrons. The van der Waals surface area contributed by atoms with Gasteiger partial charge in [-0.1, -0.05) is 124 Å². The Morgan fingerprint density at radius 3 is 1.94 bits per heavy atom. The minimum atomic E-state index is -0.0103. The molecule has 4 heterocycles. The van der Waals surface area contributed by atoms with E-state index in [2.05, 4.69) is 176 Å². The molecule has 0 fully saturated rings. The van der Waals surface area contributed by atoms with E-state index >= 15 is 0 Å². The van der Waals surface area contributed by atoms with Crippen LogP contribution in [0.5, 0.6) is 0 Å². The van der Waals surface area contributed by atoms with Crippen LogP contribution in [0.4, 0.5) is 0 Å². The van der Waals surface area contributed by atoms with Crippen molar-refractivity contribution in [2.45, 2.75) is 26.2 Å². The number of para-hydroxylation sites is 1. The topological polar surface area (TPSA) is 46.5 Å². The van der Waals surface area contributed by atoms with Gasteiger partial charge in [-0.2, -0.15) is 0 Å². The summed E-state index contributed by atoms with van der Waals surface area (Å²) in [6.45, 7) is 6.82. The van der Waals surface area contributed by atoms with E-state index in [0.717, 1.165) is 61.7 Å². The first-order valence-electron chi connectivity index (χ1n) is 17.8. The molecule has 9 rings (SSSR count). The summed E-state index contributed by atoms with van der Waals surface area (Å²) < 4.78 is 2.25. The fourth-order valence-corrected chi connectivity index (χ4v) is 7.28. The summed E-state index contributed by atoms with van der Waals surface area (Å²) in [5, 5.41) is 2.28. The van der Waals surface area contributed by atoms with Gasteiger partial charge in [0.2, 0.25) is 0 Å². The first-order chi connectivity index (χ1) is 25.4. The van der Waals surface area contributed by atoms with Gasteiger partial charge >= 0.3 is 0 Å². The van der Waals surface area contributed by atoms with E-state index in [9.17, 15) is 0 Å². The summed E-state index contributed by atoms with van der Waals surface area (Å²) >= 11 is 0. The lowest BCUT2D eigenvalue weighted by Gasteiger charge is -2.22. The quantitative estimate of drug-likeness (QED) is 0.191. The van der Waals surface area contributed by atoms with Crippen LogP contribution in [0.3, 0.4) is 0 Å². The molecule has 0 spiro atoms. The van der Waals surface area contributed by atoms with Crippen molar-refractivity contribution in [2.75, 3.05) is 0 Å². The van der Waals surface area contributed by atoms with Crippen molar-refractivity contribution in [3.8, 4) is 61.8 Å². The number of benzene rings is 5. The average molecular weight is 671 g/mol. The third-order valence-corrected chi connectivity index (χ3v) is 9.99. The van der Waals surface area contributed by atoms with Gasteiger partial charge in [-0.15, -0.1) is 0 Å².